The van der Waals surface area contributed by atoms with Gasteiger partial charge in [0, 0.05) is 25.1 Å². The van der Waals surface area contributed by atoms with Gasteiger partial charge in [-0.05, 0) is 74.4 Å². The second kappa shape index (κ2) is 7.74. The zero-order chi connectivity index (χ0) is 15.2. The first-order valence-electron chi connectivity index (χ1n) is 7.89. The van der Waals surface area contributed by atoms with E-state index in [9.17, 15) is 0 Å². The van der Waals surface area contributed by atoms with Crippen molar-refractivity contribution >= 4 is 0 Å². The van der Waals surface area contributed by atoms with Crippen LogP contribution >= 0.6 is 0 Å². The average molecular weight is 285 g/mol. The second-order valence-corrected chi connectivity index (χ2v) is 7.61. The molecule has 0 unspecified atom stereocenters. The zero-order valence-electron chi connectivity index (χ0n) is 14.5. The van der Waals surface area contributed by atoms with Crippen molar-refractivity contribution in [2.75, 3.05) is 61.0 Å². The van der Waals surface area contributed by atoms with Gasteiger partial charge in [-0.1, -0.05) is 0 Å². The molecule has 1 heterocycles. The Morgan fingerprint density at radius 2 is 1.80 bits per heavy atom. The molecule has 4 heteroatoms. The van der Waals surface area contributed by atoms with E-state index in [0.717, 1.165) is 45.6 Å². The Morgan fingerprint density at radius 3 is 2.35 bits per heavy atom. The highest BCUT2D eigenvalue weighted by Crippen LogP contribution is 2.38. The third-order valence-electron chi connectivity index (χ3n) is 4.04. The predicted octanol–water partition coefficient (Wildman–Crippen LogP) is 1.66. The third-order valence-corrected chi connectivity index (χ3v) is 4.04. The molecule has 1 fully saturated rings. The summed E-state index contributed by atoms with van der Waals surface area (Å²) in [5.41, 5.74) is 0.364. The summed E-state index contributed by atoms with van der Waals surface area (Å²) < 4.78 is 5.91. The van der Waals surface area contributed by atoms with E-state index in [-0.39, 0.29) is 5.60 Å². The fraction of sp³-hybridized carbons (Fsp3) is 1.00. The summed E-state index contributed by atoms with van der Waals surface area (Å²) in [6, 6.07) is 0. The molecule has 0 bridgehead atoms. The normalized spacial score (nSPS) is 26.4. The highest BCUT2D eigenvalue weighted by Gasteiger charge is 2.40. The van der Waals surface area contributed by atoms with Gasteiger partial charge in [-0.3, -0.25) is 0 Å². The van der Waals surface area contributed by atoms with Gasteiger partial charge in [0.1, 0.15) is 0 Å². The van der Waals surface area contributed by atoms with Gasteiger partial charge in [-0.25, -0.2) is 0 Å². The van der Waals surface area contributed by atoms with Crippen molar-refractivity contribution in [2.45, 2.75) is 38.7 Å². The molecule has 20 heavy (non-hydrogen) atoms. The van der Waals surface area contributed by atoms with Crippen molar-refractivity contribution in [1.82, 2.24) is 15.1 Å². The monoisotopic (exact) mass is 285 g/mol. The van der Waals surface area contributed by atoms with Crippen LogP contribution in [0.2, 0.25) is 0 Å². The largest absolute Gasteiger partial charge is 0.376 e. The number of rotatable bonds is 8. The van der Waals surface area contributed by atoms with Crippen molar-refractivity contribution in [3.8, 4) is 0 Å². The second-order valence-electron chi connectivity index (χ2n) is 7.61. The summed E-state index contributed by atoms with van der Waals surface area (Å²) in [6.07, 6.45) is 3.51. The Bertz CT molecular complexity index is 279. The van der Waals surface area contributed by atoms with Gasteiger partial charge in [-0.15, -0.1) is 0 Å². The van der Waals surface area contributed by atoms with Crippen LogP contribution in [0.3, 0.4) is 0 Å². The molecule has 1 aliphatic heterocycles. The Hall–Kier alpha value is -0.160. The van der Waals surface area contributed by atoms with Gasteiger partial charge in [0.25, 0.3) is 0 Å². The summed E-state index contributed by atoms with van der Waals surface area (Å²) in [6.45, 7) is 9.84. The van der Waals surface area contributed by atoms with E-state index in [2.05, 4.69) is 57.2 Å². The summed E-state index contributed by atoms with van der Waals surface area (Å²) >= 11 is 0. The summed E-state index contributed by atoms with van der Waals surface area (Å²) in [5, 5.41) is 3.69. The van der Waals surface area contributed by atoms with Gasteiger partial charge < -0.3 is 19.9 Å². The van der Waals surface area contributed by atoms with Crippen molar-refractivity contribution < 1.29 is 4.74 Å². The zero-order valence-corrected chi connectivity index (χ0v) is 14.5. The van der Waals surface area contributed by atoms with E-state index in [4.69, 9.17) is 4.74 Å². The molecule has 1 N–H and O–H groups in total. The van der Waals surface area contributed by atoms with Crippen molar-refractivity contribution in [3.05, 3.63) is 0 Å². The molecule has 0 aromatic rings. The summed E-state index contributed by atoms with van der Waals surface area (Å²) in [7, 11) is 8.62. The Morgan fingerprint density at radius 1 is 1.10 bits per heavy atom. The van der Waals surface area contributed by atoms with Crippen molar-refractivity contribution in [1.29, 1.82) is 0 Å². The minimum Gasteiger partial charge on any atom is -0.376 e. The Balaban J connectivity index is 2.47. The summed E-state index contributed by atoms with van der Waals surface area (Å²) in [4.78, 5) is 4.57. The molecule has 0 aromatic heterocycles. The van der Waals surface area contributed by atoms with Crippen molar-refractivity contribution in [3.63, 3.8) is 0 Å². The lowest BCUT2D eigenvalue weighted by Crippen LogP contribution is -2.51. The van der Waals surface area contributed by atoms with E-state index in [1.165, 1.54) is 6.42 Å². The van der Waals surface area contributed by atoms with Crippen LogP contribution < -0.4 is 5.32 Å². The quantitative estimate of drug-likeness (QED) is 0.687. The first-order chi connectivity index (χ1) is 9.25. The molecule has 0 radical (unpaired) electrons. The first kappa shape index (κ1) is 17.9. The fourth-order valence-corrected chi connectivity index (χ4v) is 3.47. The van der Waals surface area contributed by atoms with Gasteiger partial charge in [0.2, 0.25) is 0 Å². The minimum atomic E-state index is 0.0135. The molecule has 1 aliphatic rings. The van der Waals surface area contributed by atoms with Crippen LogP contribution in [0, 0.1) is 5.41 Å². The van der Waals surface area contributed by atoms with Gasteiger partial charge in [-0.2, -0.15) is 0 Å². The Kier molecular flexibility index (Phi) is 6.92. The number of ether oxygens (including phenoxy) is 1. The Labute approximate surface area is 125 Å². The van der Waals surface area contributed by atoms with E-state index >= 15 is 0 Å². The lowest BCUT2D eigenvalue weighted by atomic mass is 9.73. The lowest BCUT2D eigenvalue weighted by Gasteiger charge is -2.46. The van der Waals surface area contributed by atoms with Crippen LogP contribution in [0.5, 0.6) is 0 Å². The number of nitrogens with zero attached hydrogens (tertiary/aromatic N) is 2. The molecule has 0 aliphatic carbocycles. The molecular weight excluding hydrogens is 250 g/mol. The topological polar surface area (TPSA) is 27.7 Å². The highest BCUT2D eigenvalue weighted by atomic mass is 16.5. The lowest BCUT2D eigenvalue weighted by molar-refractivity contribution is -0.109. The van der Waals surface area contributed by atoms with Crippen LogP contribution in [-0.4, -0.2) is 76.4 Å². The molecular formula is C16H35N3O. The van der Waals surface area contributed by atoms with Crippen LogP contribution in [0.15, 0.2) is 0 Å². The maximum absolute atomic E-state index is 5.91. The van der Waals surface area contributed by atoms with Gasteiger partial charge >= 0.3 is 0 Å². The SMILES string of the molecule is CN(C)CCCNC[C@]1(CN(C)C)CCOC(C)(C)C1. The third kappa shape index (κ3) is 6.53. The van der Waals surface area contributed by atoms with Crippen LogP contribution in [0.25, 0.3) is 0 Å². The molecule has 1 saturated heterocycles. The van der Waals surface area contributed by atoms with E-state index in [1.807, 2.05) is 0 Å². The van der Waals surface area contributed by atoms with Crippen molar-refractivity contribution in [2.24, 2.45) is 5.41 Å². The molecule has 4 nitrogen and oxygen atoms in total. The number of hydrogen-bond donors (Lipinski definition) is 1. The fourth-order valence-electron chi connectivity index (χ4n) is 3.47. The van der Waals surface area contributed by atoms with E-state index < -0.39 is 0 Å². The molecule has 1 rings (SSSR count). The number of hydrogen-bond acceptors (Lipinski definition) is 4. The smallest absolute Gasteiger partial charge is 0.0632 e. The maximum Gasteiger partial charge on any atom is 0.0632 e. The molecule has 0 saturated carbocycles. The van der Waals surface area contributed by atoms with Crippen LogP contribution in [-0.2, 0) is 4.74 Å². The van der Waals surface area contributed by atoms with Gasteiger partial charge in [0.05, 0.1) is 5.60 Å². The summed E-state index contributed by atoms with van der Waals surface area (Å²) in [5.74, 6) is 0. The van der Waals surface area contributed by atoms with E-state index in [1.54, 1.807) is 0 Å². The molecule has 0 amide bonds. The molecule has 120 valence electrons. The predicted molar refractivity (Wildman–Crippen MR) is 86.3 cm³/mol. The van der Waals surface area contributed by atoms with Crippen LogP contribution in [0.4, 0.5) is 0 Å². The first-order valence-corrected chi connectivity index (χ1v) is 7.89. The number of nitrogens with one attached hydrogen (secondary N) is 1. The molecule has 1 atom stereocenters. The highest BCUT2D eigenvalue weighted by molar-refractivity contribution is 4.93. The van der Waals surface area contributed by atoms with E-state index in [0.29, 0.717) is 5.41 Å². The molecule has 0 spiro atoms. The maximum atomic E-state index is 5.91. The van der Waals surface area contributed by atoms with Gasteiger partial charge in [0.15, 0.2) is 0 Å². The standard InChI is InChI=1S/C16H35N3O/c1-15(2)12-16(8-11-20-15,14-19(5)6)13-17-9-7-10-18(3)4/h17H,7-14H2,1-6H3/t16-/m0/s1. The average Bonchev–Trinajstić information content (AvgIpc) is 2.25. The molecule has 0 aromatic carbocycles. The minimum absolute atomic E-state index is 0.0135. The van der Waals surface area contributed by atoms with Crippen LogP contribution in [0.1, 0.15) is 33.1 Å².